The van der Waals surface area contributed by atoms with Crippen LogP contribution in [0.2, 0.25) is 0 Å². The van der Waals surface area contributed by atoms with E-state index in [2.05, 4.69) is 15.4 Å². The van der Waals surface area contributed by atoms with Crippen molar-refractivity contribution in [3.63, 3.8) is 0 Å². The number of ketones is 1. The van der Waals surface area contributed by atoms with Crippen molar-refractivity contribution < 1.29 is 37.0 Å². The quantitative estimate of drug-likeness (QED) is 0.525. The van der Waals surface area contributed by atoms with Gasteiger partial charge in [0, 0.05) is 11.1 Å². The summed E-state index contributed by atoms with van der Waals surface area (Å²) in [5, 5.41) is 5.02. The van der Waals surface area contributed by atoms with E-state index in [4.69, 9.17) is 4.74 Å². The zero-order valence-corrected chi connectivity index (χ0v) is 19.4. The predicted octanol–water partition coefficient (Wildman–Crippen LogP) is 5.30. The van der Waals surface area contributed by atoms with Crippen LogP contribution in [0.1, 0.15) is 50.5 Å². The molecule has 0 aliphatic carbocycles. The number of hydrogen-bond donors (Lipinski definition) is 2. The summed E-state index contributed by atoms with van der Waals surface area (Å²) in [4.78, 5) is 38.2. The summed E-state index contributed by atoms with van der Waals surface area (Å²) >= 11 is 0. The molecular formula is C24H27F3N2O5. The van der Waals surface area contributed by atoms with Gasteiger partial charge in [0.05, 0.1) is 5.69 Å². The lowest BCUT2D eigenvalue weighted by atomic mass is 10.00. The van der Waals surface area contributed by atoms with Gasteiger partial charge in [-0.2, -0.15) is 0 Å². The fourth-order valence-electron chi connectivity index (χ4n) is 2.94. The molecule has 0 heterocycles. The maximum atomic E-state index is 13.0. The number of carbonyl (C=O) groups excluding carboxylic acids is 3. The molecule has 0 saturated heterocycles. The largest absolute Gasteiger partial charge is 0.573 e. The summed E-state index contributed by atoms with van der Waals surface area (Å²) in [7, 11) is 0. The smallest absolute Gasteiger partial charge is 0.444 e. The van der Waals surface area contributed by atoms with Gasteiger partial charge in [0.2, 0.25) is 5.91 Å². The van der Waals surface area contributed by atoms with Crippen molar-refractivity contribution in [2.24, 2.45) is 5.92 Å². The minimum atomic E-state index is -4.96. The Morgan fingerprint density at radius 3 is 2.09 bits per heavy atom. The molecule has 2 rings (SSSR count). The van der Waals surface area contributed by atoms with Gasteiger partial charge >= 0.3 is 12.5 Å². The molecule has 0 saturated carbocycles. The van der Waals surface area contributed by atoms with Crippen molar-refractivity contribution in [2.75, 3.05) is 5.32 Å². The van der Waals surface area contributed by atoms with Gasteiger partial charge in [0.1, 0.15) is 17.4 Å². The number of ether oxygens (including phenoxy) is 2. The van der Waals surface area contributed by atoms with Crippen LogP contribution in [-0.2, 0) is 9.53 Å². The van der Waals surface area contributed by atoms with Gasteiger partial charge in [0.15, 0.2) is 5.78 Å². The first-order chi connectivity index (χ1) is 15.7. The molecule has 7 nitrogen and oxygen atoms in total. The number of hydrogen-bond acceptors (Lipinski definition) is 5. The molecule has 0 aromatic heterocycles. The minimum absolute atomic E-state index is 0.0370. The minimum Gasteiger partial charge on any atom is -0.444 e. The summed E-state index contributed by atoms with van der Waals surface area (Å²) in [5.74, 6) is -2.28. The zero-order valence-electron chi connectivity index (χ0n) is 19.4. The molecule has 1 unspecified atom stereocenters. The third-order valence-corrected chi connectivity index (χ3v) is 4.38. The van der Waals surface area contributed by atoms with E-state index in [1.54, 1.807) is 52.8 Å². The third-order valence-electron chi connectivity index (χ3n) is 4.38. The molecule has 2 aromatic carbocycles. The van der Waals surface area contributed by atoms with Gasteiger partial charge in [-0.05, 0) is 44.9 Å². The molecular weight excluding hydrogens is 453 g/mol. The lowest BCUT2D eigenvalue weighted by Crippen LogP contribution is -2.48. The van der Waals surface area contributed by atoms with Gasteiger partial charge in [-0.15, -0.1) is 13.2 Å². The Balaban J connectivity index is 2.37. The number of anilines is 1. The monoisotopic (exact) mass is 480 g/mol. The molecule has 1 atom stereocenters. The van der Waals surface area contributed by atoms with Crippen molar-refractivity contribution in [1.29, 1.82) is 0 Å². The fraction of sp³-hybridized carbons (Fsp3) is 0.375. The van der Waals surface area contributed by atoms with E-state index in [0.29, 0.717) is 0 Å². The maximum Gasteiger partial charge on any atom is 0.573 e. The maximum absolute atomic E-state index is 13.0. The number of benzene rings is 2. The average Bonchev–Trinajstić information content (AvgIpc) is 2.70. The first-order valence-corrected chi connectivity index (χ1v) is 10.5. The average molecular weight is 480 g/mol. The molecule has 2 amide bonds. The number of nitrogens with one attached hydrogen (secondary N) is 2. The van der Waals surface area contributed by atoms with E-state index in [1.165, 1.54) is 12.1 Å². The van der Waals surface area contributed by atoms with Crippen molar-refractivity contribution >= 4 is 23.5 Å². The number of amides is 2. The van der Waals surface area contributed by atoms with Crippen LogP contribution in [0.25, 0.3) is 0 Å². The first-order valence-electron chi connectivity index (χ1n) is 10.5. The SMILES string of the molecule is CC(C)C(NC(=O)OC(C)(C)C)C(=O)Nc1ccc(OC(F)(F)F)cc1C(=O)c1ccccc1. The van der Waals surface area contributed by atoms with Gasteiger partial charge in [-0.1, -0.05) is 44.2 Å². The number of rotatable bonds is 7. The van der Waals surface area contributed by atoms with Crippen LogP contribution in [-0.4, -0.2) is 35.8 Å². The molecule has 0 fully saturated rings. The number of carbonyl (C=O) groups is 3. The molecule has 34 heavy (non-hydrogen) atoms. The highest BCUT2D eigenvalue weighted by atomic mass is 19.4. The standard InChI is InChI=1S/C24H27F3N2O5/c1-14(2)19(29-22(32)34-23(3,4)5)21(31)28-18-12-11-16(33-24(25,26)27)13-17(18)20(30)15-9-7-6-8-10-15/h6-14,19H,1-5H3,(H,28,31)(H,29,32). The summed E-state index contributed by atoms with van der Waals surface area (Å²) in [5.41, 5.74) is -0.827. The van der Waals surface area contributed by atoms with Crippen LogP contribution in [0.15, 0.2) is 48.5 Å². The van der Waals surface area contributed by atoms with E-state index in [-0.39, 0.29) is 22.7 Å². The molecule has 184 valence electrons. The predicted molar refractivity (Wildman–Crippen MR) is 120 cm³/mol. The number of alkyl carbamates (subject to hydrolysis) is 1. The summed E-state index contributed by atoms with van der Waals surface area (Å²) in [6, 6.07) is 9.85. The van der Waals surface area contributed by atoms with Gasteiger partial charge in [-0.3, -0.25) is 9.59 Å². The summed E-state index contributed by atoms with van der Waals surface area (Å²) in [6.45, 7) is 8.39. The number of halogens is 3. The molecule has 2 N–H and O–H groups in total. The molecule has 0 aliphatic rings. The highest BCUT2D eigenvalue weighted by Gasteiger charge is 2.32. The molecule has 2 aromatic rings. The highest BCUT2D eigenvalue weighted by molar-refractivity contribution is 6.14. The van der Waals surface area contributed by atoms with E-state index in [0.717, 1.165) is 18.2 Å². The van der Waals surface area contributed by atoms with Crippen molar-refractivity contribution in [2.45, 2.75) is 52.6 Å². The number of alkyl halides is 3. The lowest BCUT2D eigenvalue weighted by molar-refractivity contribution is -0.274. The Kier molecular flexibility index (Phi) is 8.31. The van der Waals surface area contributed by atoms with Crippen molar-refractivity contribution in [1.82, 2.24) is 5.32 Å². The summed E-state index contributed by atoms with van der Waals surface area (Å²) in [6.07, 6.45) is -5.77. The Morgan fingerprint density at radius 2 is 1.56 bits per heavy atom. The first kappa shape index (κ1) is 26.7. The van der Waals surface area contributed by atoms with Crippen LogP contribution >= 0.6 is 0 Å². The van der Waals surface area contributed by atoms with Crippen LogP contribution < -0.4 is 15.4 Å². The zero-order chi connectivity index (χ0) is 25.7. The fourth-order valence-corrected chi connectivity index (χ4v) is 2.94. The summed E-state index contributed by atoms with van der Waals surface area (Å²) < 4.78 is 47.3. The molecule has 10 heteroatoms. The van der Waals surface area contributed by atoms with Crippen LogP contribution in [0.5, 0.6) is 5.75 Å². The highest BCUT2D eigenvalue weighted by Crippen LogP contribution is 2.29. The van der Waals surface area contributed by atoms with Crippen molar-refractivity contribution in [3.05, 3.63) is 59.7 Å². The molecule has 0 radical (unpaired) electrons. The lowest BCUT2D eigenvalue weighted by Gasteiger charge is -2.25. The van der Waals surface area contributed by atoms with E-state index in [9.17, 15) is 27.6 Å². The van der Waals surface area contributed by atoms with Crippen LogP contribution in [0.3, 0.4) is 0 Å². The van der Waals surface area contributed by atoms with Crippen molar-refractivity contribution in [3.8, 4) is 5.75 Å². The topological polar surface area (TPSA) is 93.7 Å². The second-order valence-electron chi connectivity index (χ2n) is 8.81. The van der Waals surface area contributed by atoms with Gasteiger partial charge < -0.3 is 20.1 Å². The third kappa shape index (κ3) is 8.09. The van der Waals surface area contributed by atoms with E-state index in [1.807, 2.05) is 0 Å². The Hall–Kier alpha value is -3.56. The second kappa shape index (κ2) is 10.6. The van der Waals surface area contributed by atoms with Crippen LogP contribution in [0, 0.1) is 5.92 Å². The molecule has 0 aliphatic heterocycles. The Labute approximate surface area is 195 Å². The van der Waals surface area contributed by atoms with E-state index >= 15 is 0 Å². The Bertz CT molecular complexity index is 1030. The van der Waals surface area contributed by atoms with E-state index < -0.39 is 41.5 Å². The second-order valence-corrected chi connectivity index (χ2v) is 8.81. The normalized spacial score (nSPS) is 12.6. The van der Waals surface area contributed by atoms with Crippen LogP contribution in [0.4, 0.5) is 23.7 Å². The molecule has 0 bridgehead atoms. The Morgan fingerprint density at radius 1 is 0.941 bits per heavy atom. The van der Waals surface area contributed by atoms with Gasteiger partial charge in [0.25, 0.3) is 0 Å². The van der Waals surface area contributed by atoms with Gasteiger partial charge in [-0.25, -0.2) is 4.79 Å². The molecule has 0 spiro atoms.